The number of nitrogens with zero attached hydrogens (tertiary/aromatic N) is 1. The molecule has 2 aromatic rings. The van der Waals surface area contributed by atoms with Crippen molar-refractivity contribution in [2.75, 3.05) is 12.0 Å². The molecule has 5 nitrogen and oxygen atoms in total. The van der Waals surface area contributed by atoms with E-state index in [-0.39, 0.29) is 22.6 Å². The van der Waals surface area contributed by atoms with Crippen molar-refractivity contribution in [2.45, 2.75) is 6.92 Å². The quantitative estimate of drug-likeness (QED) is 0.773. The first-order valence-corrected chi connectivity index (χ1v) is 8.68. The molecule has 1 aliphatic rings. The second kappa shape index (κ2) is 7.21. The molecule has 0 aromatic heterocycles. The molecule has 1 heterocycles. The molecular formula is C18H15ClN2O3S. The van der Waals surface area contributed by atoms with E-state index in [1.165, 1.54) is 12.1 Å². The number of hydrogen-bond donors (Lipinski definition) is 2. The maximum atomic E-state index is 12.5. The van der Waals surface area contributed by atoms with Gasteiger partial charge in [-0.05, 0) is 48.5 Å². The van der Waals surface area contributed by atoms with Gasteiger partial charge < -0.3 is 10.4 Å². The zero-order chi connectivity index (χ0) is 18.0. The van der Waals surface area contributed by atoms with E-state index in [0.717, 1.165) is 27.9 Å². The van der Waals surface area contributed by atoms with E-state index in [1.54, 1.807) is 30.3 Å². The summed E-state index contributed by atoms with van der Waals surface area (Å²) < 4.78 is 0. The number of carbonyl (C=O) groups is 2. The number of nitrogens with one attached hydrogen (secondary N) is 1. The summed E-state index contributed by atoms with van der Waals surface area (Å²) in [5.74, 6) is -0.340. The van der Waals surface area contributed by atoms with Gasteiger partial charge >= 0.3 is 0 Å². The zero-order valence-electron chi connectivity index (χ0n) is 13.3. The molecule has 7 heteroatoms. The Bertz CT molecular complexity index is 882. The number of hydrogen-bond acceptors (Lipinski definition) is 5. The van der Waals surface area contributed by atoms with Crippen molar-refractivity contribution < 1.29 is 14.7 Å². The van der Waals surface area contributed by atoms with Crippen molar-refractivity contribution in [3.05, 3.63) is 63.5 Å². The van der Waals surface area contributed by atoms with Gasteiger partial charge in [-0.25, -0.2) is 0 Å². The number of anilines is 1. The zero-order valence-corrected chi connectivity index (χ0v) is 14.9. The standard InChI is InChI=1S/C18H15ClN2O3S/c1-11-6-7-13(19)9-14(11)20-10-21-17(23)16(25-18(21)24)8-12-4-2-3-5-15(12)22/h2-9,20,22H,10H2,1H3. The van der Waals surface area contributed by atoms with Crippen LogP contribution < -0.4 is 5.32 Å². The van der Waals surface area contributed by atoms with Gasteiger partial charge in [0, 0.05) is 16.3 Å². The van der Waals surface area contributed by atoms with Crippen LogP contribution in [0.25, 0.3) is 6.08 Å². The lowest BCUT2D eigenvalue weighted by Crippen LogP contribution is -2.33. The summed E-state index contributed by atoms with van der Waals surface area (Å²) in [6.07, 6.45) is 1.52. The van der Waals surface area contributed by atoms with Crippen molar-refractivity contribution in [2.24, 2.45) is 0 Å². The second-order valence-electron chi connectivity index (χ2n) is 5.46. The topological polar surface area (TPSA) is 69.6 Å². The number of para-hydroxylation sites is 1. The maximum Gasteiger partial charge on any atom is 0.295 e. The summed E-state index contributed by atoms with van der Waals surface area (Å²) >= 11 is 6.82. The highest BCUT2D eigenvalue weighted by molar-refractivity contribution is 8.18. The Kier molecular flexibility index (Phi) is 5.01. The largest absolute Gasteiger partial charge is 0.507 e. The molecule has 2 aromatic carbocycles. The predicted octanol–water partition coefficient (Wildman–Crippen LogP) is 4.46. The third-order valence-corrected chi connectivity index (χ3v) is 4.87. The minimum absolute atomic E-state index is 0.0456. The van der Waals surface area contributed by atoms with Crippen molar-refractivity contribution in [3.8, 4) is 5.75 Å². The van der Waals surface area contributed by atoms with Crippen molar-refractivity contribution in [1.29, 1.82) is 0 Å². The van der Waals surface area contributed by atoms with E-state index < -0.39 is 5.91 Å². The Morgan fingerprint density at radius 3 is 2.76 bits per heavy atom. The lowest BCUT2D eigenvalue weighted by atomic mass is 10.2. The van der Waals surface area contributed by atoms with E-state index >= 15 is 0 Å². The molecule has 0 bridgehead atoms. The van der Waals surface area contributed by atoms with E-state index in [1.807, 2.05) is 13.0 Å². The molecule has 0 radical (unpaired) electrons. The minimum atomic E-state index is -0.398. The summed E-state index contributed by atoms with van der Waals surface area (Å²) in [5, 5.41) is 13.1. The average Bonchev–Trinajstić information content (AvgIpc) is 2.84. The minimum Gasteiger partial charge on any atom is -0.507 e. The molecule has 0 spiro atoms. The SMILES string of the molecule is Cc1ccc(Cl)cc1NCN1C(=O)SC(=Cc2ccccc2O)C1=O. The first-order valence-electron chi connectivity index (χ1n) is 7.49. The number of carbonyl (C=O) groups excluding carboxylic acids is 2. The molecule has 0 aliphatic carbocycles. The van der Waals surface area contributed by atoms with Gasteiger partial charge in [-0.3, -0.25) is 14.5 Å². The van der Waals surface area contributed by atoms with Gasteiger partial charge in [0.15, 0.2) is 0 Å². The summed E-state index contributed by atoms with van der Waals surface area (Å²) in [6.45, 7) is 1.95. The van der Waals surface area contributed by atoms with Gasteiger partial charge in [-0.1, -0.05) is 35.9 Å². The smallest absolute Gasteiger partial charge is 0.295 e. The Labute approximate surface area is 154 Å². The number of aryl methyl sites for hydroxylation is 1. The molecule has 2 amide bonds. The highest BCUT2D eigenvalue weighted by Gasteiger charge is 2.35. The van der Waals surface area contributed by atoms with Crippen molar-refractivity contribution >= 4 is 46.3 Å². The molecule has 0 atom stereocenters. The van der Waals surface area contributed by atoms with Crippen molar-refractivity contribution in [1.82, 2.24) is 4.90 Å². The molecule has 2 N–H and O–H groups in total. The predicted molar refractivity (Wildman–Crippen MR) is 101 cm³/mol. The Balaban J connectivity index is 1.76. The van der Waals surface area contributed by atoms with E-state index in [0.29, 0.717) is 10.6 Å². The van der Waals surface area contributed by atoms with Crippen LogP contribution in [0.1, 0.15) is 11.1 Å². The number of phenolic OH excluding ortho intramolecular Hbond substituents is 1. The second-order valence-corrected chi connectivity index (χ2v) is 6.89. The number of amides is 2. The molecule has 0 saturated carbocycles. The molecule has 3 rings (SSSR count). The van der Waals surface area contributed by atoms with Crippen LogP contribution in [-0.2, 0) is 4.79 Å². The monoisotopic (exact) mass is 374 g/mol. The van der Waals surface area contributed by atoms with Gasteiger partial charge in [-0.2, -0.15) is 0 Å². The maximum absolute atomic E-state index is 12.5. The summed E-state index contributed by atoms with van der Waals surface area (Å²) in [7, 11) is 0. The van der Waals surface area contributed by atoms with Crippen LogP contribution in [0.2, 0.25) is 5.02 Å². The highest BCUT2D eigenvalue weighted by atomic mass is 35.5. The highest BCUT2D eigenvalue weighted by Crippen LogP contribution is 2.33. The van der Waals surface area contributed by atoms with E-state index in [9.17, 15) is 14.7 Å². The van der Waals surface area contributed by atoms with Crippen LogP contribution >= 0.6 is 23.4 Å². The molecule has 25 heavy (non-hydrogen) atoms. The van der Waals surface area contributed by atoms with Crippen molar-refractivity contribution in [3.63, 3.8) is 0 Å². The molecule has 1 saturated heterocycles. The normalized spacial score (nSPS) is 15.9. The average molecular weight is 375 g/mol. The lowest BCUT2D eigenvalue weighted by Gasteiger charge is -2.16. The summed E-state index contributed by atoms with van der Waals surface area (Å²) in [5.41, 5.74) is 2.21. The van der Waals surface area contributed by atoms with Gasteiger partial charge in [0.05, 0.1) is 11.6 Å². The number of rotatable bonds is 4. The molecular weight excluding hydrogens is 360 g/mol. The number of thioether (sulfide) groups is 1. The van der Waals surface area contributed by atoms with E-state index in [4.69, 9.17) is 11.6 Å². The van der Waals surface area contributed by atoms with Gasteiger partial charge in [-0.15, -0.1) is 0 Å². The Hall–Kier alpha value is -2.44. The molecule has 128 valence electrons. The number of aromatic hydroxyl groups is 1. The number of imide groups is 1. The Morgan fingerprint density at radius 1 is 1.24 bits per heavy atom. The molecule has 1 aliphatic heterocycles. The fraction of sp³-hybridized carbons (Fsp3) is 0.111. The van der Waals surface area contributed by atoms with Gasteiger partial charge in [0.2, 0.25) is 0 Å². The fourth-order valence-electron chi connectivity index (χ4n) is 2.34. The van der Waals surface area contributed by atoms with Gasteiger partial charge in [0.25, 0.3) is 11.1 Å². The lowest BCUT2D eigenvalue weighted by molar-refractivity contribution is -0.122. The first kappa shape index (κ1) is 17.4. The summed E-state index contributed by atoms with van der Waals surface area (Å²) in [4.78, 5) is 26.0. The number of phenols is 1. The number of halogens is 1. The van der Waals surface area contributed by atoms with Crippen LogP contribution in [0.4, 0.5) is 10.5 Å². The molecule has 1 fully saturated rings. The fourth-order valence-corrected chi connectivity index (χ4v) is 3.34. The third kappa shape index (κ3) is 3.81. The third-order valence-electron chi connectivity index (χ3n) is 3.72. The van der Waals surface area contributed by atoms with Crippen LogP contribution in [0.3, 0.4) is 0 Å². The van der Waals surface area contributed by atoms with E-state index in [2.05, 4.69) is 5.32 Å². The Morgan fingerprint density at radius 2 is 2.00 bits per heavy atom. The van der Waals surface area contributed by atoms with Crippen LogP contribution in [0.15, 0.2) is 47.4 Å². The van der Waals surface area contributed by atoms with Crippen LogP contribution in [0.5, 0.6) is 5.75 Å². The van der Waals surface area contributed by atoms with Gasteiger partial charge in [0.1, 0.15) is 5.75 Å². The molecule has 0 unspecified atom stereocenters. The first-order chi connectivity index (χ1) is 12.0. The van der Waals surface area contributed by atoms with Crippen LogP contribution in [0, 0.1) is 6.92 Å². The summed E-state index contributed by atoms with van der Waals surface area (Å²) in [6, 6.07) is 12.0. The van der Waals surface area contributed by atoms with Crippen LogP contribution in [-0.4, -0.2) is 27.8 Å². The number of benzene rings is 2.